The predicted octanol–water partition coefficient (Wildman–Crippen LogP) is 7.67. The lowest BCUT2D eigenvalue weighted by atomic mass is 9.75. The van der Waals surface area contributed by atoms with Gasteiger partial charge in [0.15, 0.2) is 11.5 Å². The first-order valence-electron chi connectivity index (χ1n) is 14.0. The van der Waals surface area contributed by atoms with Gasteiger partial charge in [-0.25, -0.2) is 0 Å². The molecule has 7 heteroatoms. The van der Waals surface area contributed by atoms with Gasteiger partial charge in [-0.05, 0) is 84.7 Å². The molecule has 2 aliphatic rings. The Morgan fingerprint density at radius 3 is 2.36 bits per heavy atom. The first-order valence-corrected chi connectivity index (χ1v) is 15.7. The molecule has 3 aromatic rings. The lowest BCUT2D eigenvalue weighted by molar-refractivity contribution is 0.0489. The third-order valence-corrected chi connectivity index (χ3v) is 10.8. The molecule has 0 amide bonds. The summed E-state index contributed by atoms with van der Waals surface area (Å²) in [7, 11) is 0.474. The van der Waals surface area contributed by atoms with E-state index in [-0.39, 0.29) is 12.9 Å². The summed E-state index contributed by atoms with van der Waals surface area (Å²) >= 11 is 0. The fourth-order valence-corrected chi connectivity index (χ4v) is 8.43. The molecule has 0 radical (unpaired) electrons. The van der Waals surface area contributed by atoms with Crippen LogP contribution in [0.15, 0.2) is 72.8 Å². The number of rotatable bonds is 9. The van der Waals surface area contributed by atoms with E-state index in [1.165, 1.54) is 6.42 Å². The SMILES string of the molecule is CC(C)[C@@H]1CC[C@@H](C)C[C@H]1O[P@@](=O)(c1ccc(N(C)C)cc1)[C@H](Nc1ccccc1)c1ccc2c(c1)OCO2. The van der Waals surface area contributed by atoms with Gasteiger partial charge in [0.05, 0.1) is 6.10 Å². The summed E-state index contributed by atoms with van der Waals surface area (Å²) in [6.45, 7) is 6.98. The van der Waals surface area contributed by atoms with Gasteiger partial charge in [0.25, 0.3) is 7.37 Å². The number of ether oxygens (including phenoxy) is 2. The molecular formula is C32H41N2O4P. The third-order valence-electron chi connectivity index (χ3n) is 8.11. The van der Waals surface area contributed by atoms with E-state index in [1.807, 2.05) is 91.8 Å². The Hall–Kier alpha value is -2.95. The summed E-state index contributed by atoms with van der Waals surface area (Å²) in [5, 5.41) is 4.32. The second-order valence-corrected chi connectivity index (χ2v) is 13.9. The minimum atomic E-state index is -3.54. The number of fused-ring (bicyclic) bond motifs is 1. The number of para-hydroxylation sites is 1. The number of nitrogens with one attached hydrogen (secondary N) is 1. The molecule has 0 aromatic heterocycles. The lowest BCUT2D eigenvalue weighted by Gasteiger charge is -2.41. The van der Waals surface area contributed by atoms with Crippen molar-refractivity contribution in [1.82, 2.24) is 0 Å². The Morgan fingerprint density at radius 1 is 0.949 bits per heavy atom. The maximum absolute atomic E-state index is 15.7. The summed E-state index contributed by atoms with van der Waals surface area (Å²) in [5.74, 6) is 2.06. The molecule has 208 valence electrons. The minimum Gasteiger partial charge on any atom is -0.454 e. The zero-order valence-electron chi connectivity index (χ0n) is 23.7. The monoisotopic (exact) mass is 548 g/mol. The smallest absolute Gasteiger partial charge is 0.258 e. The van der Waals surface area contributed by atoms with Gasteiger partial charge >= 0.3 is 0 Å². The van der Waals surface area contributed by atoms with Gasteiger partial charge < -0.3 is 24.2 Å². The van der Waals surface area contributed by atoms with Crippen molar-refractivity contribution in [2.75, 3.05) is 31.1 Å². The molecule has 0 bridgehead atoms. The van der Waals surface area contributed by atoms with E-state index < -0.39 is 13.2 Å². The van der Waals surface area contributed by atoms with E-state index in [4.69, 9.17) is 14.0 Å². The van der Waals surface area contributed by atoms with Crippen molar-refractivity contribution < 1.29 is 18.6 Å². The van der Waals surface area contributed by atoms with Crippen LogP contribution in [0.4, 0.5) is 11.4 Å². The van der Waals surface area contributed by atoms with Crippen LogP contribution in [0.1, 0.15) is 51.4 Å². The Kier molecular flexibility index (Phi) is 8.25. The topological polar surface area (TPSA) is 60.0 Å². The summed E-state index contributed by atoms with van der Waals surface area (Å²) in [6.07, 6.45) is 3.08. The lowest BCUT2D eigenvalue weighted by Crippen LogP contribution is -2.35. The van der Waals surface area contributed by atoms with Crippen LogP contribution in [-0.4, -0.2) is 27.0 Å². The molecule has 1 aliphatic heterocycles. The van der Waals surface area contributed by atoms with Crippen LogP contribution in [0.2, 0.25) is 0 Å². The van der Waals surface area contributed by atoms with Crippen LogP contribution in [0.5, 0.6) is 11.5 Å². The third kappa shape index (κ3) is 5.97. The van der Waals surface area contributed by atoms with Crippen LogP contribution in [0.3, 0.4) is 0 Å². The summed E-state index contributed by atoms with van der Waals surface area (Å²) < 4.78 is 34.0. The first kappa shape index (κ1) is 27.6. The highest BCUT2D eigenvalue weighted by Gasteiger charge is 2.44. The highest BCUT2D eigenvalue weighted by atomic mass is 31.2. The number of nitrogens with zero attached hydrogens (tertiary/aromatic N) is 1. The van der Waals surface area contributed by atoms with Gasteiger partial charge in [-0.1, -0.05) is 51.5 Å². The van der Waals surface area contributed by atoms with Gasteiger partial charge in [-0.15, -0.1) is 0 Å². The van der Waals surface area contributed by atoms with Crippen molar-refractivity contribution >= 4 is 24.0 Å². The van der Waals surface area contributed by atoms with Crippen molar-refractivity contribution in [3.8, 4) is 11.5 Å². The maximum Gasteiger partial charge on any atom is 0.258 e. The summed E-state index contributed by atoms with van der Waals surface area (Å²) in [5.41, 5.74) is 2.77. The minimum absolute atomic E-state index is 0.0952. The number of hydrogen-bond acceptors (Lipinski definition) is 6. The van der Waals surface area contributed by atoms with Crippen molar-refractivity contribution in [3.05, 3.63) is 78.4 Å². The largest absolute Gasteiger partial charge is 0.454 e. The highest BCUT2D eigenvalue weighted by Crippen LogP contribution is 2.62. The molecule has 1 saturated carbocycles. The molecule has 1 fully saturated rings. The normalized spacial score (nSPS) is 22.8. The summed E-state index contributed by atoms with van der Waals surface area (Å²) in [4.78, 5) is 2.05. The molecule has 1 heterocycles. The number of hydrogen-bond donors (Lipinski definition) is 1. The van der Waals surface area contributed by atoms with Crippen LogP contribution in [-0.2, 0) is 9.09 Å². The molecule has 39 heavy (non-hydrogen) atoms. The molecule has 3 aromatic carbocycles. The number of benzene rings is 3. The molecule has 5 atom stereocenters. The van der Waals surface area contributed by atoms with E-state index in [0.717, 1.165) is 29.8 Å². The van der Waals surface area contributed by atoms with E-state index in [9.17, 15) is 0 Å². The molecule has 0 unspecified atom stereocenters. The highest BCUT2D eigenvalue weighted by molar-refractivity contribution is 7.67. The zero-order valence-corrected chi connectivity index (χ0v) is 24.6. The second kappa shape index (κ2) is 11.7. The van der Waals surface area contributed by atoms with Crippen molar-refractivity contribution in [1.29, 1.82) is 0 Å². The average Bonchev–Trinajstić information content (AvgIpc) is 3.40. The van der Waals surface area contributed by atoms with Crippen LogP contribution in [0.25, 0.3) is 0 Å². The standard InChI is InChI=1S/C32H41N2O4P/c1-22(2)28-17-11-23(3)19-30(28)38-39(35,27-15-13-26(14-16-27)34(4)5)32(33-25-9-7-6-8-10-25)24-12-18-29-31(20-24)37-21-36-29/h6-10,12-16,18,20,22-23,28,30,32-33H,11,17,19,21H2,1-5H3/t23-,28+,30-,32+,39+/m1/s1. The molecule has 5 rings (SSSR count). The van der Waals surface area contributed by atoms with E-state index >= 15 is 4.57 Å². The Bertz CT molecular complexity index is 1300. The van der Waals surface area contributed by atoms with Gasteiger partial charge in [-0.3, -0.25) is 4.57 Å². The van der Waals surface area contributed by atoms with Crippen molar-refractivity contribution in [2.24, 2.45) is 17.8 Å². The molecule has 0 saturated heterocycles. The quantitative estimate of drug-likeness (QED) is 0.277. The molecule has 6 nitrogen and oxygen atoms in total. The van der Waals surface area contributed by atoms with Crippen molar-refractivity contribution in [2.45, 2.75) is 51.9 Å². The van der Waals surface area contributed by atoms with Crippen molar-refractivity contribution in [3.63, 3.8) is 0 Å². The van der Waals surface area contributed by atoms with E-state index in [0.29, 0.717) is 34.6 Å². The predicted molar refractivity (Wildman–Crippen MR) is 160 cm³/mol. The summed E-state index contributed by atoms with van der Waals surface area (Å²) in [6, 6.07) is 23.7. The van der Waals surface area contributed by atoms with Gasteiger partial charge in [-0.2, -0.15) is 0 Å². The Morgan fingerprint density at radius 2 is 1.67 bits per heavy atom. The average molecular weight is 549 g/mol. The molecule has 1 N–H and O–H groups in total. The van der Waals surface area contributed by atoms with E-state index in [1.54, 1.807) is 0 Å². The van der Waals surface area contributed by atoms with Gasteiger partial charge in [0.1, 0.15) is 5.78 Å². The van der Waals surface area contributed by atoms with E-state index in [2.05, 4.69) is 26.1 Å². The Labute approximate surface area is 233 Å². The van der Waals surface area contributed by atoms with Gasteiger partial charge in [0.2, 0.25) is 6.79 Å². The Balaban J connectivity index is 1.64. The van der Waals surface area contributed by atoms with Crippen LogP contribution < -0.4 is 25.0 Å². The molecular weight excluding hydrogens is 507 g/mol. The number of anilines is 2. The zero-order chi connectivity index (χ0) is 27.6. The fraction of sp³-hybridized carbons (Fsp3) is 0.438. The van der Waals surface area contributed by atoms with Crippen LogP contribution in [0, 0.1) is 17.8 Å². The molecule has 0 spiro atoms. The second-order valence-electron chi connectivity index (χ2n) is 11.5. The first-order chi connectivity index (χ1) is 18.7. The molecule has 1 aliphatic carbocycles. The maximum atomic E-state index is 15.7. The fourth-order valence-electron chi connectivity index (χ4n) is 5.81. The van der Waals surface area contributed by atoms with Gasteiger partial charge in [0, 0.05) is 30.8 Å². The van der Waals surface area contributed by atoms with Crippen LogP contribution >= 0.6 is 7.37 Å².